The molecular weight excluding hydrogens is 340 g/mol. The Hall–Kier alpha value is -1.92. The van der Waals surface area contributed by atoms with Crippen LogP contribution in [0.15, 0.2) is 35.6 Å². The van der Waals surface area contributed by atoms with E-state index >= 15 is 0 Å². The van der Waals surface area contributed by atoms with Crippen LogP contribution in [0.4, 0.5) is 0 Å². The third-order valence-electron chi connectivity index (χ3n) is 4.22. The maximum atomic E-state index is 12.4. The Balaban J connectivity index is 1.55. The lowest BCUT2D eigenvalue weighted by molar-refractivity contribution is 0.102. The van der Waals surface area contributed by atoms with Crippen molar-refractivity contribution in [3.8, 4) is 5.75 Å². The van der Waals surface area contributed by atoms with Crippen LogP contribution in [0.25, 0.3) is 10.2 Å². The summed E-state index contributed by atoms with van der Waals surface area (Å²) >= 11 is 3.28. The van der Waals surface area contributed by atoms with Crippen molar-refractivity contribution in [1.82, 2.24) is 9.97 Å². The monoisotopic (exact) mass is 356 g/mol. The molecule has 6 heteroatoms. The minimum atomic E-state index is 0.0984. The molecule has 2 heterocycles. The molecule has 0 unspecified atom stereocenters. The zero-order valence-corrected chi connectivity index (χ0v) is 14.9. The molecule has 4 nitrogen and oxygen atoms in total. The van der Waals surface area contributed by atoms with Crippen LogP contribution < -0.4 is 4.74 Å². The van der Waals surface area contributed by atoms with E-state index in [-0.39, 0.29) is 5.78 Å². The maximum absolute atomic E-state index is 12.4. The fourth-order valence-electron chi connectivity index (χ4n) is 3.00. The highest BCUT2D eigenvalue weighted by Gasteiger charge is 2.21. The largest absolute Gasteiger partial charge is 0.497 e. The molecule has 0 saturated carbocycles. The van der Waals surface area contributed by atoms with Gasteiger partial charge in [-0.25, -0.2) is 9.97 Å². The maximum Gasteiger partial charge on any atom is 0.173 e. The first-order chi connectivity index (χ1) is 11.8. The molecule has 2 aromatic heterocycles. The van der Waals surface area contributed by atoms with Gasteiger partial charge in [0.2, 0.25) is 0 Å². The number of carbonyl (C=O) groups is 1. The summed E-state index contributed by atoms with van der Waals surface area (Å²) in [6.45, 7) is 0. The number of thiophene rings is 1. The number of methoxy groups -OCH3 is 1. The Labute approximate surface area is 148 Å². The van der Waals surface area contributed by atoms with Crippen LogP contribution in [0, 0.1) is 0 Å². The minimum absolute atomic E-state index is 0.0984. The fourth-order valence-corrected chi connectivity index (χ4v) is 5.22. The molecule has 0 atom stereocenters. The fraction of sp³-hybridized carbons (Fsp3) is 0.278. The molecule has 0 aliphatic heterocycles. The van der Waals surface area contributed by atoms with E-state index in [0.29, 0.717) is 11.3 Å². The van der Waals surface area contributed by atoms with E-state index in [4.69, 9.17) is 4.74 Å². The summed E-state index contributed by atoms with van der Waals surface area (Å²) in [7, 11) is 1.62. The van der Waals surface area contributed by atoms with Gasteiger partial charge in [0.1, 0.15) is 21.9 Å². The molecule has 0 N–H and O–H groups in total. The highest BCUT2D eigenvalue weighted by Crippen LogP contribution is 2.40. The van der Waals surface area contributed by atoms with Crippen molar-refractivity contribution in [3.05, 3.63) is 46.6 Å². The standard InChI is InChI=1S/C18H16N2O2S2/c1-22-12-7-5-11(6-8-12)14(21)9-23-17-16-13-3-2-4-15(13)24-18(16)20-10-19-17/h5-8,10H,2-4,9H2,1H3. The lowest BCUT2D eigenvalue weighted by Crippen LogP contribution is -2.02. The van der Waals surface area contributed by atoms with Gasteiger partial charge in [-0.05, 0) is 49.1 Å². The summed E-state index contributed by atoms with van der Waals surface area (Å²) in [5, 5.41) is 2.10. The number of rotatable bonds is 5. The summed E-state index contributed by atoms with van der Waals surface area (Å²) in [6, 6.07) is 7.23. The van der Waals surface area contributed by atoms with Crippen molar-refractivity contribution in [2.24, 2.45) is 0 Å². The molecule has 1 aliphatic rings. The quantitative estimate of drug-likeness (QED) is 0.390. The second-order valence-corrected chi connectivity index (χ2v) is 7.70. The average molecular weight is 356 g/mol. The molecule has 122 valence electrons. The Morgan fingerprint density at radius 2 is 2.08 bits per heavy atom. The molecule has 0 bridgehead atoms. The van der Waals surface area contributed by atoms with Crippen molar-refractivity contribution in [2.75, 3.05) is 12.9 Å². The smallest absolute Gasteiger partial charge is 0.173 e. The van der Waals surface area contributed by atoms with Crippen molar-refractivity contribution < 1.29 is 9.53 Å². The number of nitrogens with zero attached hydrogens (tertiary/aromatic N) is 2. The zero-order valence-electron chi connectivity index (χ0n) is 13.2. The highest BCUT2D eigenvalue weighted by molar-refractivity contribution is 8.00. The SMILES string of the molecule is COc1ccc(C(=O)CSc2ncnc3sc4c(c23)CCC4)cc1. The van der Waals surface area contributed by atoms with Gasteiger partial charge in [0, 0.05) is 15.8 Å². The van der Waals surface area contributed by atoms with Gasteiger partial charge >= 0.3 is 0 Å². The number of Topliss-reactive ketones (excluding diaryl/α,β-unsaturated/α-hetero) is 1. The van der Waals surface area contributed by atoms with Crippen LogP contribution in [0.2, 0.25) is 0 Å². The second kappa shape index (κ2) is 6.53. The minimum Gasteiger partial charge on any atom is -0.497 e. The second-order valence-electron chi connectivity index (χ2n) is 5.66. The van der Waals surface area contributed by atoms with E-state index in [1.807, 2.05) is 12.1 Å². The van der Waals surface area contributed by atoms with Gasteiger partial charge in [-0.1, -0.05) is 11.8 Å². The Kier molecular flexibility index (Phi) is 4.24. The Morgan fingerprint density at radius 1 is 1.25 bits per heavy atom. The average Bonchev–Trinajstić information content (AvgIpc) is 3.20. The topological polar surface area (TPSA) is 52.1 Å². The van der Waals surface area contributed by atoms with Crippen molar-refractivity contribution in [1.29, 1.82) is 0 Å². The van der Waals surface area contributed by atoms with E-state index in [0.717, 1.165) is 28.4 Å². The number of ether oxygens (including phenoxy) is 1. The van der Waals surface area contributed by atoms with Gasteiger partial charge in [-0.2, -0.15) is 0 Å². The van der Waals surface area contributed by atoms with Crippen LogP contribution in [0.3, 0.4) is 0 Å². The summed E-state index contributed by atoms with van der Waals surface area (Å²) in [5.74, 6) is 1.23. The van der Waals surface area contributed by atoms with Crippen LogP contribution in [-0.2, 0) is 12.8 Å². The van der Waals surface area contributed by atoms with Gasteiger partial charge in [-0.15, -0.1) is 11.3 Å². The summed E-state index contributed by atoms with van der Waals surface area (Å²) in [4.78, 5) is 23.8. The van der Waals surface area contributed by atoms with E-state index in [2.05, 4.69) is 9.97 Å². The summed E-state index contributed by atoms with van der Waals surface area (Å²) in [5.41, 5.74) is 2.10. The molecule has 0 amide bonds. The number of fused-ring (bicyclic) bond motifs is 3. The summed E-state index contributed by atoms with van der Waals surface area (Å²) < 4.78 is 5.13. The normalized spacial score (nSPS) is 13.2. The molecule has 0 spiro atoms. The molecule has 1 aliphatic carbocycles. The number of aryl methyl sites for hydroxylation is 2. The molecule has 24 heavy (non-hydrogen) atoms. The number of aromatic nitrogens is 2. The predicted octanol–water partition coefficient (Wildman–Crippen LogP) is 4.16. The molecule has 0 fully saturated rings. The van der Waals surface area contributed by atoms with E-state index in [1.165, 1.54) is 34.0 Å². The van der Waals surface area contributed by atoms with Gasteiger partial charge in [-0.3, -0.25) is 4.79 Å². The van der Waals surface area contributed by atoms with Gasteiger partial charge in [0.25, 0.3) is 0 Å². The third-order valence-corrected chi connectivity index (χ3v) is 6.41. The highest BCUT2D eigenvalue weighted by atomic mass is 32.2. The summed E-state index contributed by atoms with van der Waals surface area (Å²) in [6.07, 6.45) is 5.06. The number of thioether (sulfide) groups is 1. The van der Waals surface area contributed by atoms with Gasteiger partial charge < -0.3 is 4.74 Å². The lowest BCUT2D eigenvalue weighted by Gasteiger charge is -2.05. The molecule has 0 saturated heterocycles. The van der Waals surface area contributed by atoms with Crippen LogP contribution in [0.1, 0.15) is 27.2 Å². The van der Waals surface area contributed by atoms with Gasteiger partial charge in [0.15, 0.2) is 5.78 Å². The molecule has 3 aromatic rings. The predicted molar refractivity (Wildman–Crippen MR) is 97.5 cm³/mol. The molecule has 1 aromatic carbocycles. The van der Waals surface area contributed by atoms with Crippen molar-refractivity contribution in [2.45, 2.75) is 24.3 Å². The molecule has 0 radical (unpaired) electrons. The number of carbonyl (C=O) groups excluding carboxylic acids is 1. The number of ketones is 1. The lowest BCUT2D eigenvalue weighted by atomic mass is 10.1. The number of hydrogen-bond donors (Lipinski definition) is 0. The first-order valence-corrected chi connectivity index (χ1v) is 9.62. The van der Waals surface area contributed by atoms with Crippen molar-refractivity contribution >= 4 is 39.1 Å². The zero-order chi connectivity index (χ0) is 16.5. The Morgan fingerprint density at radius 3 is 2.88 bits per heavy atom. The molecule has 4 rings (SSSR count). The van der Waals surface area contributed by atoms with E-state index in [9.17, 15) is 4.79 Å². The van der Waals surface area contributed by atoms with Crippen LogP contribution >= 0.6 is 23.1 Å². The third kappa shape index (κ3) is 2.80. The number of hydrogen-bond acceptors (Lipinski definition) is 6. The van der Waals surface area contributed by atoms with Gasteiger partial charge in [0.05, 0.1) is 12.9 Å². The first kappa shape index (κ1) is 15.6. The first-order valence-electron chi connectivity index (χ1n) is 7.81. The van der Waals surface area contributed by atoms with Crippen LogP contribution in [0.5, 0.6) is 5.75 Å². The number of benzene rings is 1. The van der Waals surface area contributed by atoms with Crippen LogP contribution in [-0.4, -0.2) is 28.6 Å². The van der Waals surface area contributed by atoms with E-state index in [1.54, 1.807) is 36.9 Å². The Bertz CT molecular complexity index is 903. The van der Waals surface area contributed by atoms with E-state index < -0.39 is 0 Å². The van der Waals surface area contributed by atoms with Crippen molar-refractivity contribution in [3.63, 3.8) is 0 Å². The molecular formula is C18H16N2O2S2.